The third-order valence-electron chi connectivity index (χ3n) is 5.49. The molecule has 0 atom stereocenters. The molecule has 1 N–H and O–H groups in total. The first-order chi connectivity index (χ1) is 15.6. The molecule has 0 saturated heterocycles. The second kappa shape index (κ2) is 10.4. The summed E-state index contributed by atoms with van der Waals surface area (Å²) in [6.45, 7) is 4.22. The number of nitrogens with zero attached hydrogens (tertiary/aromatic N) is 2. The van der Waals surface area contributed by atoms with Crippen molar-refractivity contribution in [1.29, 1.82) is 0 Å². The van der Waals surface area contributed by atoms with Crippen molar-refractivity contribution in [2.75, 3.05) is 13.1 Å². The van der Waals surface area contributed by atoms with Crippen LogP contribution in [0.25, 0.3) is 0 Å². The van der Waals surface area contributed by atoms with Gasteiger partial charge >= 0.3 is 0 Å². The molecule has 1 aliphatic heterocycles. The van der Waals surface area contributed by atoms with Crippen molar-refractivity contribution in [3.63, 3.8) is 0 Å². The average Bonchev–Trinajstić information content (AvgIpc) is 3.25. The number of rotatable bonds is 8. The topological polar surface area (TPSA) is 71.5 Å². The molecule has 1 aliphatic rings. The number of aromatic nitrogens is 1. The minimum Gasteiger partial charge on any atom is -0.487 e. The fraction of sp³-hybridized carbons (Fsp3) is 0.320. The van der Waals surface area contributed by atoms with Gasteiger partial charge in [0.1, 0.15) is 12.4 Å². The zero-order valence-corrected chi connectivity index (χ0v) is 19.0. The highest BCUT2D eigenvalue weighted by Gasteiger charge is 2.19. The van der Waals surface area contributed by atoms with E-state index in [-0.39, 0.29) is 11.8 Å². The molecular formula is C25H27N3O3S. The number of fused-ring (bicyclic) bond motifs is 1. The zero-order chi connectivity index (χ0) is 22.3. The van der Waals surface area contributed by atoms with Crippen LogP contribution in [0.4, 0.5) is 0 Å². The molecule has 7 heteroatoms. The number of amides is 2. The minimum atomic E-state index is -0.167. The molecule has 0 fully saturated rings. The lowest BCUT2D eigenvalue weighted by Gasteiger charge is -2.29. The van der Waals surface area contributed by atoms with Crippen LogP contribution in [-0.4, -0.2) is 34.8 Å². The van der Waals surface area contributed by atoms with Gasteiger partial charge in [-0.3, -0.25) is 9.59 Å². The first-order valence-corrected chi connectivity index (χ1v) is 11.7. The number of hydrogen-bond acceptors (Lipinski definition) is 5. The fourth-order valence-corrected chi connectivity index (χ4v) is 4.37. The quantitative estimate of drug-likeness (QED) is 0.525. The number of ether oxygens (including phenoxy) is 1. The van der Waals surface area contributed by atoms with Gasteiger partial charge in [-0.2, -0.15) is 0 Å². The van der Waals surface area contributed by atoms with E-state index in [0.717, 1.165) is 23.7 Å². The largest absolute Gasteiger partial charge is 0.487 e. The molecule has 32 heavy (non-hydrogen) atoms. The van der Waals surface area contributed by atoms with Crippen molar-refractivity contribution in [2.45, 2.75) is 39.3 Å². The number of hydrogen-bond donors (Lipinski definition) is 1. The van der Waals surface area contributed by atoms with Crippen LogP contribution in [0.3, 0.4) is 0 Å². The van der Waals surface area contributed by atoms with Gasteiger partial charge in [0, 0.05) is 37.0 Å². The monoisotopic (exact) mass is 449 g/mol. The average molecular weight is 450 g/mol. The van der Waals surface area contributed by atoms with Gasteiger partial charge < -0.3 is 15.0 Å². The van der Waals surface area contributed by atoms with E-state index >= 15 is 0 Å². The Kier molecular flexibility index (Phi) is 7.17. The van der Waals surface area contributed by atoms with Crippen LogP contribution in [-0.2, 0) is 24.4 Å². The van der Waals surface area contributed by atoms with Gasteiger partial charge in [0.25, 0.3) is 5.91 Å². The number of nitrogens with one attached hydrogen (secondary N) is 1. The smallest absolute Gasteiger partial charge is 0.251 e. The van der Waals surface area contributed by atoms with Crippen molar-refractivity contribution in [3.05, 3.63) is 81.3 Å². The predicted molar refractivity (Wildman–Crippen MR) is 125 cm³/mol. The normalized spacial score (nSPS) is 12.8. The second-order valence-corrected chi connectivity index (χ2v) is 8.93. The van der Waals surface area contributed by atoms with Crippen molar-refractivity contribution in [3.8, 4) is 5.75 Å². The molecule has 0 aliphatic carbocycles. The van der Waals surface area contributed by atoms with Crippen molar-refractivity contribution < 1.29 is 14.3 Å². The van der Waals surface area contributed by atoms with Crippen molar-refractivity contribution in [2.24, 2.45) is 0 Å². The molecule has 6 nitrogen and oxygen atoms in total. The first kappa shape index (κ1) is 22.0. The lowest BCUT2D eigenvalue weighted by Crippen LogP contribution is -2.36. The minimum absolute atomic E-state index is 0.140. The molecule has 0 saturated carbocycles. The van der Waals surface area contributed by atoms with Crippen LogP contribution in [0.1, 0.15) is 45.0 Å². The fourth-order valence-electron chi connectivity index (χ4n) is 3.77. The van der Waals surface area contributed by atoms with Gasteiger partial charge in [-0.1, -0.05) is 30.3 Å². The molecule has 166 valence electrons. The van der Waals surface area contributed by atoms with Gasteiger partial charge in [0.05, 0.1) is 10.7 Å². The molecule has 0 spiro atoms. The molecule has 2 heterocycles. The van der Waals surface area contributed by atoms with Crippen LogP contribution in [0.2, 0.25) is 0 Å². The number of benzene rings is 2. The van der Waals surface area contributed by atoms with Crippen molar-refractivity contribution in [1.82, 2.24) is 15.2 Å². The summed E-state index contributed by atoms with van der Waals surface area (Å²) in [5.41, 5.74) is 3.98. The SMILES string of the molecule is Cc1nc(COc2cccc(C(=O)NCCCC(=O)N3CCc4ccccc4C3)c2)cs1. The second-order valence-electron chi connectivity index (χ2n) is 7.87. The first-order valence-electron chi connectivity index (χ1n) is 10.8. The van der Waals surface area contributed by atoms with E-state index in [1.165, 1.54) is 11.1 Å². The molecule has 2 aromatic carbocycles. The highest BCUT2D eigenvalue weighted by atomic mass is 32.1. The van der Waals surface area contributed by atoms with Crippen LogP contribution in [0, 0.1) is 6.92 Å². The number of aryl methyl sites for hydroxylation is 1. The van der Waals surface area contributed by atoms with Crippen LogP contribution >= 0.6 is 11.3 Å². The summed E-state index contributed by atoms with van der Waals surface area (Å²) in [7, 11) is 0. The number of carbonyl (C=O) groups excluding carboxylic acids is 2. The summed E-state index contributed by atoms with van der Waals surface area (Å²) in [5, 5.41) is 5.87. The Labute approximate surface area is 192 Å². The number of carbonyl (C=O) groups is 2. The highest BCUT2D eigenvalue weighted by Crippen LogP contribution is 2.19. The highest BCUT2D eigenvalue weighted by molar-refractivity contribution is 7.09. The van der Waals surface area contributed by atoms with Crippen LogP contribution < -0.4 is 10.1 Å². The summed E-state index contributed by atoms with van der Waals surface area (Å²) in [6, 6.07) is 15.4. The van der Waals surface area contributed by atoms with E-state index in [1.54, 1.807) is 29.5 Å². The van der Waals surface area contributed by atoms with Gasteiger partial charge in [-0.15, -0.1) is 11.3 Å². The third-order valence-corrected chi connectivity index (χ3v) is 6.31. The molecular weight excluding hydrogens is 422 g/mol. The summed E-state index contributed by atoms with van der Waals surface area (Å²) in [4.78, 5) is 31.3. The van der Waals surface area contributed by atoms with Crippen LogP contribution in [0.15, 0.2) is 53.9 Å². The molecule has 0 radical (unpaired) electrons. The summed E-state index contributed by atoms with van der Waals surface area (Å²) < 4.78 is 5.76. The maximum atomic E-state index is 12.5. The van der Waals surface area contributed by atoms with Crippen LogP contribution in [0.5, 0.6) is 5.75 Å². The zero-order valence-electron chi connectivity index (χ0n) is 18.2. The molecule has 0 unspecified atom stereocenters. The Balaban J connectivity index is 1.20. The van der Waals surface area contributed by atoms with E-state index in [1.807, 2.05) is 35.4 Å². The summed E-state index contributed by atoms with van der Waals surface area (Å²) >= 11 is 1.58. The lowest BCUT2D eigenvalue weighted by atomic mass is 9.99. The molecule has 3 aromatic rings. The molecule has 1 aromatic heterocycles. The van der Waals surface area contributed by atoms with Crippen molar-refractivity contribution >= 4 is 23.2 Å². The van der Waals surface area contributed by atoms with E-state index in [2.05, 4.69) is 22.4 Å². The van der Waals surface area contributed by atoms with E-state index in [9.17, 15) is 9.59 Å². The standard InChI is InChI=1S/C25H27N3O3S/c1-18-27-22(17-32-18)16-31-23-9-4-8-20(14-23)25(30)26-12-5-10-24(29)28-13-11-19-6-2-3-7-21(19)15-28/h2-4,6-9,14,17H,5,10-13,15-16H2,1H3,(H,26,30). The van der Waals surface area contributed by atoms with Gasteiger partial charge in [0.15, 0.2) is 0 Å². The van der Waals surface area contributed by atoms with Gasteiger partial charge in [-0.05, 0) is 49.1 Å². The van der Waals surface area contributed by atoms with E-state index in [4.69, 9.17) is 4.74 Å². The Morgan fingerprint density at radius 1 is 1.16 bits per heavy atom. The maximum absolute atomic E-state index is 12.5. The molecule has 2 amide bonds. The maximum Gasteiger partial charge on any atom is 0.251 e. The number of thiazole rings is 1. The Bertz CT molecular complexity index is 1100. The van der Waals surface area contributed by atoms with Gasteiger partial charge in [-0.25, -0.2) is 4.98 Å². The summed E-state index contributed by atoms with van der Waals surface area (Å²) in [6.07, 6.45) is 1.94. The van der Waals surface area contributed by atoms with E-state index < -0.39 is 0 Å². The Morgan fingerprint density at radius 3 is 2.81 bits per heavy atom. The van der Waals surface area contributed by atoms with E-state index in [0.29, 0.717) is 43.9 Å². The Hall–Kier alpha value is -3.19. The molecule has 4 rings (SSSR count). The summed E-state index contributed by atoms with van der Waals surface area (Å²) in [5.74, 6) is 0.601. The third kappa shape index (κ3) is 5.73. The van der Waals surface area contributed by atoms with Gasteiger partial charge in [0.2, 0.25) is 5.91 Å². The molecule has 0 bridgehead atoms. The lowest BCUT2D eigenvalue weighted by molar-refractivity contribution is -0.132. The predicted octanol–water partition coefficient (Wildman–Crippen LogP) is 4.13. The Morgan fingerprint density at radius 2 is 2.00 bits per heavy atom.